The number of aromatic nitrogens is 1. The van der Waals surface area contributed by atoms with E-state index in [9.17, 15) is 5.11 Å². The van der Waals surface area contributed by atoms with E-state index in [1.54, 1.807) is 13.1 Å². The number of nitrogens with two attached hydrogens (primary N) is 1. The van der Waals surface area contributed by atoms with Gasteiger partial charge in [0.05, 0.1) is 6.10 Å². The molecule has 2 atom stereocenters. The maximum atomic E-state index is 9.23. The molecule has 0 amide bonds. The van der Waals surface area contributed by atoms with Gasteiger partial charge in [-0.25, -0.2) is 4.98 Å². The van der Waals surface area contributed by atoms with Gasteiger partial charge in [0.1, 0.15) is 5.82 Å². The Morgan fingerprint density at radius 3 is 2.71 bits per heavy atom. The zero-order valence-corrected chi connectivity index (χ0v) is 8.57. The number of hydrogen-bond donors (Lipinski definition) is 3. The van der Waals surface area contributed by atoms with Crippen molar-refractivity contribution in [3.05, 3.63) is 23.9 Å². The average molecular weight is 195 g/mol. The van der Waals surface area contributed by atoms with Crippen LogP contribution in [0, 0.1) is 0 Å². The first kappa shape index (κ1) is 10.9. The molecule has 0 aromatic carbocycles. The van der Waals surface area contributed by atoms with Gasteiger partial charge in [0.25, 0.3) is 0 Å². The fraction of sp³-hybridized carbons (Fsp3) is 0.500. The Balaban J connectivity index is 2.59. The number of nitrogens with one attached hydrogen (secondary N) is 1. The molecule has 0 radical (unpaired) electrons. The van der Waals surface area contributed by atoms with E-state index in [2.05, 4.69) is 10.3 Å². The van der Waals surface area contributed by atoms with Crippen molar-refractivity contribution >= 4 is 5.82 Å². The maximum absolute atomic E-state index is 9.23. The maximum Gasteiger partial charge on any atom is 0.125 e. The molecular formula is C10H17N3O. The summed E-state index contributed by atoms with van der Waals surface area (Å²) in [6.07, 6.45) is 1.93. The number of anilines is 1. The second-order valence-electron chi connectivity index (χ2n) is 3.41. The fourth-order valence-electron chi connectivity index (χ4n) is 1.14. The molecule has 0 spiro atoms. The highest BCUT2D eigenvalue weighted by atomic mass is 16.3. The van der Waals surface area contributed by atoms with Gasteiger partial charge in [-0.15, -0.1) is 0 Å². The topological polar surface area (TPSA) is 71.2 Å². The van der Waals surface area contributed by atoms with Crippen LogP contribution in [-0.2, 0) is 6.42 Å². The minimum atomic E-state index is -0.487. The molecule has 0 fully saturated rings. The SMILES string of the molecule is CNc1ccc(CC(N)C(C)O)cn1. The van der Waals surface area contributed by atoms with Gasteiger partial charge in [-0.2, -0.15) is 0 Å². The Morgan fingerprint density at radius 1 is 1.57 bits per heavy atom. The Labute approximate surface area is 84.2 Å². The van der Waals surface area contributed by atoms with Gasteiger partial charge in [0.2, 0.25) is 0 Å². The molecule has 0 bridgehead atoms. The fourth-order valence-corrected chi connectivity index (χ4v) is 1.14. The molecule has 1 heterocycles. The third-order valence-corrected chi connectivity index (χ3v) is 2.17. The first-order valence-electron chi connectivity index (χ1n) is 4.70. The highest BCUT2D eigenvalue weighted by Crippen LogP contribution is 2.07. The van der Waals surface area contributed by atoms with Crippen molar-refractivity contribution < 1.29 is 5.11 Å². The summed E-state index contributed by atoms with van der Waals surface area (Å²) < 4.78 is 0. The van der Waals surface area contributed by atoms with Gasteiger partial charge in [-0.3, -0.25) is 0 Å². The van der Waals surface area contributed by atoms with Gasteiger partial charge in [0.15, 0.2) is 0 Å². The summed E-state index contributed by atoms with van der Waals surface area (Å²) >= 11 is 0. The zero-order chi connectivity index (χ0) is 10.6. The summed E-state index contributed by atoms with van der Waals surface area (Å²) in [7, 11) is 1.82. The van der Waals surface area contributed by atoms with Gasteiger partial charge in [-0.05, 0) is 25.0 Å². The molecule has 14 heavy (non-hydrogen) atoms. The van der Waals surface area contributed by atoms with Crippen LogP contribution in [0.4, 0.5) is 5.82 Å². The van der Waals surface area contributed by atoms with Gasteiger partial charge in [-0.1, -0.05) is 6.07 Å². The van der Waals surface area contributed by atoms with E-state index in [1.807, 2.05) is 19.2 Å². The molecule has 2 unspecified atom stereocenters. The van der Waals surface area contributed by atoms with Crippen molar-refractivity contribution in [3.8, 4) is 0 Å². The van der Waals surface area contributed by atoms with E-state index in [0.717, 1.165) is 11.4 Å². The highest BCUT2D eigenvalue weighted by Gasteiger charge is 2.09. The van der Waals surface area contributed by atoms with Crippen molar-refractivity contribution in [2.45, 2.75) is 25.5 Å². The van der Waals surface area contributed by atoms with Crippen molar-refractivity contribution in [2.24, 2.45) is 5.73 Å². The number of pyridine rings is 1. The Kier molecular flexibility index (Phi) is 3.85. The van der Waals surface area contributed by atoms with Crippen LogP contribution >= 0.6 is 0 Å². The number of hydrogen-bond acceptors (Lipinski definition) is 4. The molecule has 4 heteroatoms. The van der Waals surface area contributed by atoms with Crippen LogP contribution in [0.5, 0.6) is 0 Å². The Hall–Kier alpha value is -1.13. The quantitative estimate of drug-likeness (QED) is 0.649. The lowest BCUT2D eigenvalue weighted by Gasteiger charge is -2.14. The lowest BCUT2D eigenvalue weighted by molar-refractivity contribution is 0.163. The lowest BCUT2D eigenvalue weighted by atomic mass is 10.0. The molecule has 4 N–H and O–H groups in total. The minimum absolute atomic E-state index is 0.225. The van der Waals surface area contributed by atoms with Gasteiger partial charge < -0.3 is 16.2 Å². The third-order valence-electron chi connectivity index (χ3n) is 2.17. The summed E-state index contributed by atoms with van der Waals surface area (Å²) in [6.45, 7) is 1.69. The van der Waals surface area contributed by atoms with Crippen LogP contribution in [0.2, 0.25) is 0 Å². The van der Waals surface area contributed by atoms with Crippen molar-refractivity contribution in [1.82, 2.24) is 4.98 Å². The van der Waals surface area contributed by atoms with Crippen LogP contribution in [0.15, 0.2) is 18.3 Å². The van der Waals surface area contributed by atoms with Crippen LogP contribution in [0.1, 0.15) is 12.5 Å². The molecule has 0 aliphatic heterocycles. The Bertz CT molecular complexity index is 271. The molecular weight excluding hydrogens is 178 g/mol. The molecule has 0 saturated carbocycles. The molecule has 0 aliphatic carbocycles. The van der Waals surface area contributed by atoms with E-state index >= 15 is 0 Å². The first-order chi connectivity index (χ1) is 6.63. The summed E-state index contributed by atoms with van der Waals surface area (Å²) in [6, 6.07) is 3.63. The standard InChI is InChI=1S/C10H17N3O/c1-7(14)9(11)5-8-3-4-10(12-2)13-6-8/h3-4,6-7,9,14H,5,11H2,1-2H3,(H,12,13). The molecule has 1 aromatic heterocycles. The van der Waals surface area contributed by atoms with Crippen LogP contribution in [-0.4, -0.2) is 29.3 Å². The second-order valence-corrected chi connectivity index (χ2v) is 3.41. The molecule has 0 saturated heterocycles. The second kappa shape index (κ2) is 4.93. The molecule has 78 valence electrons. The van der Waals surface area contributed by atoms with Crippen molar-refractivity contribution in [1.29, 1.82) is 0 Å². The largest absolute Gasteiger partial charge is 0.392 e. The van der Waals surface area contributed by atoms with E-state index in [4.69, 9.17) is 5.73 Å². The summed E-state index contributed by atoms with van der Waals surface area (Å²) in [5.74, 6) is 0.833. The van der Waals surface area contributed by atoms with E-state index in [0.29, 0.717) is 6.42 Å². The first-order valence-corrected chi connectivity index (χ1v) is 4.70. The monoisotopic (exact) mass is 195 g/mol. The van der Waals surface area contributed by atoms with Crippen LogP contribution < -0.4 is 11.1 Å². The summed E-state index contributed by atoms with van der Waals surface area (Å²) in [5, 5.41) is 12.2. The van der Waals surface area contributed by atoms with Gasteiger partial charge >= 0.3 is 0 Å². The average Bonchev–Trinajstić information content (AvgIpc) is 2.19. The predicted octanol–water partition coefficient (Wildman–Crippen LogP) is 0.374. The highest BCUT2D eigenvalue weighted by molar-refractivity contribution is 5.34. The normalized spacial score (nSPS) is 14.9. The molecule has 0 aliphatic rings. The number of rotatable bonds is 4. The van der Waals surface area contributed by atoms with Crippen LogP contribution in [0.3, 0.4) is 0 Å². The van der Waals surface area contributed by atoms with E-state index in [-0.39, 0.29) is 6.04 Å². The lowest BCUT2D eigenvalue weighted by Crippen LogP contribution is -2.34. The molecule has 4 nitrogen and oxygen atoms in total. The summed E-state index contributed by atoms with van der Waals surface area (Å²) in [5.41, 5.74) is 6.76. The van der Waals surface area contributed by atoms with Crippen molar-refractivity contribution in [2.75, 3.05) is 12.4 Å². The summed E-state index contributed by atoms with van der Waals surface area (Å²) in [4.78, 5) is 4.16. The Morgan fingerprint density at radius 2 is 2.29 bits per heavy atom. The smallest absolute Gasteiger partial charge is 0.125 e. The number of aliphatic hydroxyl groups is 1. The van der Waals surface area contributed by atoms with Crippen LogP contribution in [0.25, 0.3) is 0 Å². The molecule has 1 aromatic rings. The minimum Gasteiger partial charge on any atom is -0.392 e. The van der Waals surface area contributed by atoms with E-state index in [1.165, 1.54) is 0 Å². The molecule has 1 rings (SSSR count). The third kappa shape index (κ3) is 2.97. The van der Waals surface area contributed by atoms with Gasteiger partial charge in [0, 0.05) is 19.3 Å². The van der Waals surface area contributed by atoms with Crippen molar-refractivity contribution in [3.63, 3.8) is 0 Å². The number of nitrogens with zero attached hydrogens (tertiary/aromatic N) is 1. The zero-order valence-electron chi connectivity index (χ0n) is 8.57. The number of aliphatic hydroxyl groups excluding tert-OH is 1. The van der Waals surface area contributed by atoms with E-state index < -0.39 is 6.10 Å². The predicted molar refractivity (Wildman–Crippen MR) is 57.1 cm³/mol.